The van der Waals surface area contributed by atoms with E-state index >= 15 is 0 Å². The van der Waals surface area contributed by atoms with Crippen LogP contribution in [0.4, 0.5) is 4.79 Å². The lowest BCUT2D eigenvalue weighted by Crippen LogP contribution is -2.49. The molecule has 21 heavy (non-hydrogen) atoms. The van der Waals surface area contributed by atoms with E-state index in [-0.39, 0.29) is 18.2 Å². The average Bonchev–Trinajstić information content (AvgIpc) is 2.57. The van der Waals surface area contributed by atoms with Gasteiger partial charge in [-0.2, -0.15) is 11.8 Å². The van der Waals surface area contributed by atoms with Gasteiger partial charge in [0.05, 0.1) is 6.10 Å². The van der Waals surface area contributed by atoms with Gasteiger partial charge in [-0.25, -0.2) is 4.79 Å². The number of carbonyl (C=O) groups is 1. The van der Waals surface area contributed by atoms with E-state index < -0.39 is 0 Å². The summed E-state index contributed by atoms with van der Waals surface area (Å²) in [7, 11) is 0. The summed E-state index contributed by atoms with van der Waals surface area (Å²) in [4.78, 5) is 18.3. The quantitative estimate of drug-likeness (QED) is 0.909. The zero-order valence-electron chi connectivity index (χ0n) is 12.0. The highest BCUT2D eigenvalue weighted by Gasteiger charge is 2.27. The highest BCUT2D eigenvalue weighted by atomic mass is 32.2. The number of amides is 2. The molecule has 2 atom stereocenters. The van der Waals surface area contributed by atoms with Gasteiger partial charge in [0, 0.05) is 49.6 Å². The number of urea groups is 1. The van der Waals surface area contributed by atoms with Crippen LogP contribution >= 0.6 is 11.8 Å². The van der Waals surface area contributed by atoms with Gasteiger partial charge in [0.1, 0.15) is 0 Å². The van der Waals surface area contributed by atoms with E-state index in [1.54, 1.807) is 6.20 Å². The summed E-state index contributed by atoms with van der Waals surface area (Å²) in [6.45, 7) is 2.39. The molecule has 1 aromatic heterocycles. The summed E-state index contributed by atoms with van der Waals surface area (Å²) in [6.07, 6.45) is 5.34. The molecule has 1 aromatic rings. The lowest BCUT2D eigenvalue weighted by atomic mass is 9.99. The van der Waals surface area contributed by atoms with E-state index in [2.05, 4.69) is 10.3 Å². The molecule has 2 amide bonds. The summed E-state index contributed by atoms with van der Waals surface area (Å²) in [6, 6.07) is 4.22. The first-order valence-corrected chi connectivity index (χ1v) is 8.63. The number of hydrogen-bond acceptors (Lipinski definition) is 4. The van der Waals surface area contributed by atoms with Gasteiger partial charge in [-0.1, -0.05) is 6.07 Å². The molecule has 0 bridgehead atoms. The van der Waals surface area contributed by atoms with Crippen molar-refractivity contribution in [2.24, 2.45) is 0 Å². The van der Waals surface area contributed by atoms with Crippen molar-refractivity contribution in [2.45, 2.75) is 25.0 Å². The molecule has 2 unspecified atom stereocenters. The van der Waals surface area contributed by atoms with E-state index in [9.17, 15) is 4.79 Å². The number of thioether (sulfide) groups is 1. The number of carbonyl (C=O) groups excluding carboxylic acids is 1. The van der Waals surface area contributed by atoms with Crippen molar-refractivity contribution in [3.05, 3.63) is 30.1 Å². The van der Waals surface area contributed by atoms with Gasteiger partial charge in [0.15, 0.2) is 0 Å². The Bertz CT molecular complexity index is 465. The largest absolute Gasteiger partial charge is 0.373 e. The van der Waals surface area contributed by atoms with Crippen molar-refractivity contribution >= 4 is 17.8 Å². The molecule has 0 aliphatic carbocycles. The number of aromatic nitrogens is 1. The summed E-state index contributed by atoms with van der Waals surface area (Å²) >= 11 is 1.91. The zero-order chi connectivity index (χ0) is 14.5. The number of nitrogens with zero attached hydrogens (tertiary/aromatic N) is 2. The third kappa shape index (κ3) is 3.89. The monoisotopic (exact) mass is 307 g/mol. The second kappa shape index (κ2) is 7.13. The number of pyridine rings is 1. The topological polar surface area (TPSA) is 54.5 Å². The van der Waals surface area contributed by atoms with E-state index in [0.29, 0.717) is 6.61 Å². The van der Waals surface area contributed by atoms with E-state index in [4.69, 9.17) is 4.74 Å². The van der Waals surface area contributed by atoms with Gasteiger partial charge in [-0.05, 0) is 24.5 Å². The zero-order valence-corrected chi connectivity index (χ0v) is 12.8. The smallest absolute Gasteiger partial charge is 0.317 e. The second-order valence-electron chi connectivity index (χ2n) is 5.42. The molecule has 2 aliphatic heterocycles. The Balaban J connectivity index is 1.55. The van der Waals surface area contributed by atoms with Crippen LogP contribution in [0.2, 0.25) is 0 Å². The molecule has 2 saturated heterocycles. The fourth-order valence-corrected chi connectivity index (χ4v) is 3.66. The Morgan fingerprint density at radius 3 is 3.05 bits per heavy atom. The van der Waals surface area contributed by atoms with Crippen molar-refractivity contribution in [3.63, 3.8) is 0 Å². The highest BCUT2D eigenvalue weighted by Crippen LogP contribution is 2.27. The lowest BCUT2D eigenvalue weighted by molar-refractivity contribution is 0.00135. The Kier molecular flexibility index (Phi) is 4.98. The molecule has 3 rings (SSSR count). The van der Waals surface area contributed by atoms with Gasteiger partial charge in [0.2, 0.25) is 0 Å². The minimum Gasteiger partial charge on any atom is -0.373 e. The first-order chi connectivity index (χ1) is 10.3. The van der Waals surface area contributed by atoms with E-state index in [1.807, 2.05) is 35.0 Å². The van der Waals surface area contributed by atoms with Crippen molar-refractivity contribution < 1.29 is 9.53 Å². The van der Waals surface area contributed by atoms with Crippen molar-refractivity contribution in [1.82, 2.24) is 15.2 Å². The van der Waals surface area contributed by atoms with Crippen LogP contribution in [0.3, 0.4) is 0 Å². The van der Waals surface area contributed by atoms with E-state index in [1.165, 1.54) is 0 Å². The van der Waals surface area contributed by atoms with Crippen LogP contribution in [0.5, 0.6) is 0 Å². The minimum atomic E-state index is 0.0367. The van der Waals surface area contributed by atoms with Crippen LogP contribution in [0.15, 0.2) is 24.5 Å². The Labute approximate surface area is 129 Å². The molecule has 5 nitrogen and oxygen atoms in total. The van der Waals surface area contributed by atoms with Crippen LogP contribution < -0.4 is 5.32 Å². The first kappa shape index (κ1) is 14.7. The lowest BCUT2D eigenvalue weighted by Gasteiger charge is -2.33. The van der Waals surface area contributed by atoms with Crippen molar-refractivity contribution in [2.75, 3.05) is 31.2 Å². The van der Waals surface area contributed by atoms with Gasteiger partial charge >= 0.3 is 6.03 Å². The minimum absolute atomic E-state index is 0.0367. The molecule has 0 spiro atoms. The van der Waals surface area contributed by atoms with Crippen LogP contribution in [0.1, 0.15) is 24.5 Å². The van der Waals surface area contributed by atoms with Crippen molar-refractivity contribution in [3.8, 4) is 0 Å². The molecule has 3 heterocycles. The summed E-state index contributed by atoms with van der Waals surface area (Å²) in [5.74, 6) is 2.08. The van der Waals surface area contributed by atoms with Crippen LogP contribution in [-0.4, -0.2) is 53.2 Å². The first-order valence-electron chi connectivity index (χ1n) is 7.47. The van der Waals surface area contributed by atoms with Gasteiger partial charge in [-0.15, -0.1) is 0 Å². The Hall–Kier alpha value is -1.27. The molecule has 2 fully saturated rings. The SMILES string of the molecule is O=C(NC1CCOC(c2cccnc2)C1)N1CCSCC1. The number of hydrogen-bond donors (Lipinski definition) is 1. The molecule has 0 saturated carbocycles. The molecule has 2 aliphatic rings. The second-order valence-corrected chi connectivity index (χ2v) is 6.64. The maximum atomic E-state index is 12.3. The van der Waals surface area contributed by atoms with Crippen LogP contribution in [0, 0.1) is 0 Å². The molecular weight excluding hydrogens is 286 g/mol. The fraction of sp³-hybridized carbons (Fsp3) is 0.600. The molecule has 0 radical (unpaired) electrons. The van der Waals surface area contributed by atoms with Crippen LogP contribution in [0.25, 0.3) is 0 Å². The van der Waals surface area contributed by atoms with Crippen LogP contribution in [-0.2, 0) is 4.74 Å². The Morgan fingerprint density at radius 1 is 1.43 bits per heavy atom. The van der Waals surface area contributed by atoms with Gasteiger partial charge in [0.25, 0.3) is 0 Å². The van der Waals surface area contributed by atoms with Crippen molar-refractivity contribution in [1.29, 1.82) is 0 Å². The molecule has 114 valence electrons. The standard InChI is InChI=1S/C15H21N3O2S/c19-15(18-5-8-21-9-6-18)17-13-3-7-20-14(10-13)12-2-1-4-16-11-12/h1-2,4,11,13-14H,3,5-10H2,(H,17,19). The molecular formula is C15H21N3O2S. The van der Waals surface area contributed by atoms with Gasteiger partial charge < -0.3 is 15.0 Å². The number of nitrogens with one attached hydrogen (secondary N) is 1. The third-order valence-electron chi connectivity index (χ3n) is 3.97. The highest BCUT2D eigenvalue weighted by molar-refractivity contribution is 7.99. The summed E-state index contributed by atoms with van der Waals surface area (Å²) in [5.41, 5.74) is 1.09. The normalized spacial score (nSPS) is 26.4. The molecule has 1 N–H and O–H groups in total. The predicted octanol–water partition coefficient (Wildman–Crippen LogP) is 2.06. The maximum absolute atomic E-state index is 12.3. The van der Waals surface area contributed by atoms with Gasteiger partial charge in [-0.3, -0.25) is 4.98 Å². The Morgan fingerprint density at radius 2 is 2.29 bits per heavy atom. The fourth-order valence-electron chi connectivity index (χ4n) is 2.76. The molecule has 0 aromatic carbocycles. The number of rotatable bonds is 2. The third-order valence-corrected chi connectivity index (χ3v) is 4.91. The summed E-state index contributed by atoms with van der Waals surface area (Å²) < 4.78 is 5.81. The predicted molar refractivity (Wildman–Crippen MR) is 83.4 cm³/mol. The molecule has 6 heteroatoms. The summed E-state index contributed by atoms with van der Waals surface area (Å²) in [5, 5.41) is 3.17. The average molecular weight is 307 g/mol. The maximum Gasteiger partial charge on any atom is 0.317 e. The number of ether oxygens (including phenoxy) is 1. The van der Waals surface area contributed by atoms with E-state index in [0.717, 1.165) is 43.0 Å².